The summed E-state index contributed by atoms with van der Waals surface area (Å²) in [4.78, 5) is 29.5. The predicted molar refractivity (Wildman–Crippen MR) is 109 cm³/mol. The van der Waals surface area contributed by atoms with Crippen LogP contribution in [0.25, 0.3) is 0 Å². The van der Waals surface area contributed by atoms with E-state index in [2.05, 4.69) is 5.16 Å². The second-order valence-corrected chi connectivity index (χ2v) is 7.41. The number of halogens is 1. The average Bonchev–Trinajstić information content (AvgIpc) is 3.28. The molecule has 148 valence electrons. The number of rotatable bonds is 3. The predicted octanol–water partition coefficient (Wildman–Crippen LogP) is 4.58. The standard InChI is InChI=1S/C22H13ClN2O5/c23-15-9-5-14(6-10-15)20-19(13-7-11-16(12-8-13)25(27)28)22(30-24-20)17-3-1-2-4-18(17)29-21(22)26/h1-12,19H/t19-,22+/m0/s1. The van der Waals surface area contributed by atoms with Gasteiger partial charge in [-0.25, -0.2) is 4.79 Å². The van der Waals surface area contributed by atoms with Gasteiger partial charge in [0.1, 0.15) is 5.75 Å². The van der Waals surface area contributed by atoms with E-state index >= 15 is 0 Å². The molecular weight excluding hydrogens is 408 g/mol. The van der Waals surface area contributed by atoms with Gasteiger partial charge in [-0.1, -0.05) is 59.2 Å². The van der Waals surface area contributed by atoms with Crippen LogP contribution < -0.4 is 4.74 Å². The Morgan fingerprint density at radius 1 is 1.00 bits per heavy atom. The lowest BCUT2D eigenvalue weighted by Crippen LogP contribution is -2.41. The number of para-hydroxylation sites is 1. The summed E-state index contributed by atoms with van der Waals surface area (Å²) in [5.41, 5.74) is 0.866. The Morgan fingerprint density at radius 3 is 2.40 bits per heavy atom. The van der Waals surface area contributed by atoms with E-state index in [1.807, 2.05) is 0 Å². The number of esters is 1. The van der Waals surface area contributed by atoms with Gasteiger partial charge in [-0.15, -0.1) is 0 Å². The van der Waals surface area contributed by atoms with Gasteiger partial charge < -0.3 is 9.57 Å². The highest BCUT2D eigenvalue weighted by Gasteiger charge is 2.63. The molecule has 0 fully saturated rings. The number of nitrogens with zero attached hydrogens (tertiary/aromatic N) is 2. The number of benzene rings is 3. The third-order valence-electron chi connectivity index (χ3n) is 5.34. The zero-order valence-electron chi connectivity index (χ0n) is 15.3. The number of oxime groups is 1. The minimum absolute atomic E-state index is 0.0499. The van der Waals surface area contributed by atoms with E-state index in [0.717, 1.165) is 5.56 Å². The van der Waals surface area contributed by atoms with Crippen molar-refractivity contribution < 1.29 is 19.3 Å². The maximum Gasteiger partial charge on any atom is 0.364 e. The molecule has 2 heterocycles. The third kappa shape index (κ3) is 2.59. The van der Waals surface area contributed by atoms with Crippen molar-refractivity contribution in [3.8, 4) is 5.75 Å². The van der Waals surface area contributed by atoms with Gasteiger partial charge in [0.25, 0.3) is 11.3 Å². The largest absolute Gasteiger partial charge is 0.423 e. The molecule has 5 rings (SSSR count). The molecule has 0 bridgehead atoms. The van der Waals surface area contributed by atoms with Crippen LogP contribution in [0.2, 0.25) is 5.02 Å². The topological polar surface area (TPSA) is 91.0 Å². The molecule has 7 nitrogen and oxygen atoms in total. The number of non-ortho nitro benzene ring substituents is 1. The first-order chi connectivity index (χ1) is 14.5. The van der Waals surface area contributed by atoms with E-state index in [9.17, 15) is 14.9 Å². The Morgan fingerprint density at radius 2 is 1.70 bits per heavy atom. The highest BCUT2D eigenvalue weighted by atomic mass is 35.5. The van der Waals surface area contributed by atoms with Gasteiger partial charge >= 0.3 is 5.97 Å². The van der Waals surface area contributed by atoms with Crippen molar-refractivity contribution in [1.82, 2.24) is 0 Å². The molecule has 0 saturated carbocycles. The van der Waals surface area contributed by atoms with E-state index in [-0.39, 0.29) is 5.69 Å². The highest BCUT2D eigenvalue weighted by molar-refractivity contribution is 6.30. The summed E-state index contributed by atoms with van der Waals surface area (Å²) in [7, 11) is 0. The summed E-state index contributed by atoms with van der Waals surface area (Å²) in [5, 5.41) is 15.9. The van der Waals surface area contributed by atoms with Gasteiger partial charge in [-0.05, 0) is 23.8 Å². The summed E-state index contributed by atoms with van der Waals surface area (Å²) in [5.74, 6) is -0.850. The van der Waals surface area contributed by atoms with Crippen LogP contribution in [0.3, 0.4) is 0 Å². The van der Waals surface area contributed by atoms with Gasteiger partial charge in [0, 0.05) is 22.7 Å². The molecule has 0 aromatic heterocycles. The van der Waals surface area contributed by atoms with Crippen molar-refractivity contribution in [2.75, 3.05) is 0 Å². The SMILES string of the molecule is O=C1Oc2ccccc2[C@]12ON=C(c1ccc(Cl)cc1)[C@@H]2c1ccc([N+](=O)[O-])cc1. The van der Waals surface area contributed by atoms with E-state index in [0.29, 0.717) is 27.6 Å². The monoisotopic (exact) mass is 420 g/mol. The van der Waals surface area contributed by atoms with Crippen LogP contribution in [-0.2, 0) is 15.2 Å². The fourth-order valence-corrected chi connectivity index (χ4v) is 4.07. The Balaban J connectivity index is 1.70. The molecule has 0 radical (unpaired) electrons. The fourth-order valence-electron chi connectivity index (χ4n) is 3.95. The van der Waals surface area contributed by atoms with Crippen LogP contribution >= 0.6 is 11.6 Å². The molecule has 0 aliphatic carbocycles. The van der Waals surface area contributed by atoms with E-state index in [1.54, 1.807) is 60.7 Å². The van der Waals surface area contributed by atoms with Crippen LogP contribution in [0.1, 0.15) is 22.6 Å². The summed E-state index contributed by atoms with van der Waals surface area (Å²) >= 11 is 6.02. The Kier molecular flexibility index (Phi) is 4.08. The molecule has 2 aliphatic rings. The molecule has 30 heavy (non-hydrogen) atoms. The van der Waals surface area contributed by atoms with Crippen molar-refractivity contribution in [3.63, 3.8) is 0 Å². The lowest BCUT2D eigenvalue weighted by atomic mass is 9.74. The van der Waals surface area contributed by atoms with Gasteiger partial charge in [0.05, 0.1) is 22.1 Å². The fraction of sp³-hybridized carbons (Fsp3) is 0.0909. The van der Waals surface area contributed by atoms with E-state index in [4.69, 9.17) is 21.2 Å². The first-order valence-electron chi connectivity index (χ1n) is 9.09. The lowest BCUT2D eigenvalue weighted by Gasteiger charge is -2.26. The first kappa shape index (κ1) is 18.3. The molecule has 8 heteroatoms. The van der Waals surface area contributed by atoms with Crippen LogP contribution in [-0.4, -0.2) is 16.6 Å². The Hall–Kier alpha value is -3.71. The van der Waals surface area contributed by atoms with Gasteiger partial charge in [0.15, 0.2) is 0 Å². The minimum Gasteiger partial charge on any atom is -0.423 e. The van der Waals surface area contributed by atoms with E-state index in [1.165, 1.54) is 12.1 Å². The van der Waals surface area contributed by atoms with Crippen molar-refractivity contribution in [2.24, 2.45) is 5.16 Å². The Bertz CT molecular complexity index is 1210. The molecule has 0 saturated heterocycles. The molecule has 0 amide bonds. The summed E-state index contributed by atoms with van der Waals surface area (Å²) in [6.45, 7) is 0. The second-order valence-electron chi connectivity index (χ2n) is 6.98. The smallest absolute Gasteiger partial charge is 0.364 e. The molecule has 3 aromatic rings. The van der Waals surface area contributed by atoms with Crippen molar-refractivity contribution >= 4 is 29.0 Å². The van der Waals surface area contributed by atoms with Crippen LogP contribution in [0.5, 0.6) is 5.75 Å². The van der Waals surface area contributed by atoms with Gasteiger partial charge in [0.2, 0.25) is 0 Å². The normalized spacial score (nSPS) is 21.7. The molecule has 0 N–H and O–H groups in total. The number of hydrogen-bond donors (Lipinski definition) is 0. The number of carbonyl (C=O) groups is 1. The van der Waals surface area contributed by atoms with Gasteiger partial charge in [-0.3, -0.25) is 10.1 Å². The number of ether oxygens (including phenoxy) is 1. The molecule has 2 aliphatic heterocycles. The molecule has 0 unspecified atom stereocenters. The minimum atomic E-state index is -1.51. The maximum atomic E-state index is 13.1. The average molecular weight is 421 g/mol. The van der Waals surface area contributed by atoms with Crippen LogP contribution in [0.4, 0.5) is 5.69 Å². The number of carbonyl (C=O) groups excluding carboxylic acids is 1. The first-order valence-corrected chi connectivity index (χ1v) is 9.46. The zero-order valence-corrected chi connectivity index (χ0v) is 16.1. The number of nitro groups is 1. The van der Waals surface area contributed by atoms with Crippen LogP contribution in [0, 0.1) is 10.1 Å². The number of nitro benzene ring substituents is 1. The number of fused-ring (bicyclic) bond motifs is 2. The third-order valence-corrected chi connectivity index (χ3v) is 5.59. The van der Waals surface area contributed by atoms with Crippen molar-refractivity contribution in [2.45, 2.75) is 11.5 Å². The zero-order chi connectivity index (χ0) is 20.9. The molecule has 2 atom stereocenters. The quantitative estimate of drug-likeness (QED) is 0.267. The van der Waals surface area contributed by atoms with E-state index < -0.39 is 22.4 Å². The van der Waals surface area contributed by atoms with Crippen molar-refractivity contribution in [3.05, 3.63) is 105 Å². The summed E-state index contributed by atoms with van der Waals surface area (Å²) in [6.07, 6.45) is 0. The molecular formula is C22H13ClN2O5. The van der Waals surface area contributed by atoms with Gasteiger partial charge in [-0.2, -0.15) is 0 Å². The second kappa shape index (κ2) is 6.67. The maximum absolute atomic E-state index is 13.1. The highest BCUT2D eigenvalue weighted by Crippen LogP contribution is 2.53. The van der Waals surface area contributed by atoms with Crippen LogP contribution in [0.15, 0.2) is 78.0 Å². The summed E-state index contributed by atoms with van der Waals surface area (Å²) in [6, 6.07) is 20.0. The molecule has 1 spiro atoms. The van der Waals surface area contributed by atoms with Crippen molar-refractivity contribution in [1.29, 1.82) is 0 Å². The Labute approximate surface area is 175 Å². The number of hydrogen-bond acceptors (Lipinski definition) is 6. The summed E-state index contributed by atoms with van der Waals surface area (Å²) < 4.78 is 5.50. The lowest BCUT2D eigenvalue weighted by molar-refractivity contribution is -0.384. The molecule has 3 aromatic carbocycles.